The van der Waals surface area contributed by atoms with E-state index in [0.29, 0.717) is 27.7 Å². The van der Waals surface area contributed by atoms with Gasteiger partial charge in [0.15, 0.2) is 0 Å². The first kappa shape index (κ1) is 21.3. The minimum atomic E-state index is -3.84. The van der Waals surface area contributed by atoms with E-state index in [1.807, 2.05) is 6.92 Å². The van der Waals surface area contributed by atoms with Gasteiger partial charge in [-0.15, -0.1) is 22.7 Å². The highest BCUT2D eigenvalue weighted by Crippen LogP contribution is 2.34. The highest BCUT2D eigenvalue weighted by atomic mass is 35.5. The summed E-state index contributed by atoms with van der Waals surface area (Å²) < 4.78 is 27.8. The summed E-state index contributed by atoms with van der Waals surface area (Å²) in [6.07, 6.45) is 1.81. The molecule has 0 radical (unpaired) electrons. The Hall–Kier alpha value is -1.46. The summed E-state index contributed by atoms with van der Waals surface area (Å²) in [7, 11) is -3.84. The van der Waals surface area contributed by atoms with Gasteiger partial charge in [0.25, 0.3) is 15.9 Å². The quantitative estimate of drug-likeness (QED) is 0.711. The molecule has 0 saturated carbocycles. The normalized spacial score (nSPS) is 18.2. The van der Waals surface area contributed by atoms with Crippen LogP contribution in [0.15, 0.2) is 16.3 Å². The van der Waals surface area contributed by atoms with Crippen LogP contribution in [0, 0.1) is 13.8 Å². The monoisotopic (exact) mass is 461 g/mol. The van der Waals surface area contributed by atoms with Crippen molar-refractivity contribution in [2.45, 2.75) is 43.4 Å². The van der Waals surface area contributed by atoms with E-state index in [0.717, 1.165) is 22.6 Å². The third-order valence-corrected chi connectivity index (χ3v) is 9.47. The second-order valence-electron chi connectivity index (χ2n) is 6.53. The van der Waals surface area contributed by atoms with Crippen LogP contribution >= 0.6 is 34.3 Å². The number of nitrogens with one attached hydrogen (secondary N) is 1. The van der Waals surface area contributed by atoms with Crippen LogP contribution in [0.1, 0.15) is 40.1 Å². The Kier molecular flexibility index (Phi) is 6.16. The summed E-state index contributed by atoms with van der Waals surface area (Å²) in [6, 6.07) is 2.11. The number of halogens is 1. The number of piperidine rings is 1. The van der Waals surface area contributed by atoms with Crippen molar-refractivity contribution < 1.29 is 18.0 Å². The van der Waals surface area contributed by atoms with Gasteiger partial charge in [0.05, 0.1) is 9.90 Å². The van der Waals surface area contributed by atoms with Crippen LogP contribution in [0.4, 0.5) is 5.00 Å². The van der Waals surface area contributed by atoms with E-state index in [-0.39, 0.29) is 16.3 Å². The number of hydrogen-bond donors (Lipinski definition) is 2. The van der Waals surface area contributed by atoms with E-state index in [4.69, 9.17) is 17.3 Å². The molecule has 1 atom stereocenters. The van der Waals surface area contributed by atoms with Gasteiger partial charge >= 0.3 is 0 Å². The molecule has 3 N–H and O–H groups in total. The van der Waals surface area contributed by atoms with Crippen molar-refractivity contribution in [1.82, 2.24) is 4.31 Å². The molecule has 1 aliphatic heterocycles. The predicted molar refractivity (Wildman–Crippen MR) is 112 cm³/mol. The molecule has 7 nitrogen and oxygen atoms in total. The third-order valence-electron chi connectivity index (χ3n) is 4.74. The number of nitrogens with two attached hydrogens (primary N) is 1. The molecule has 1 fully saturated rings. The van der Waals surface area contributed by atoms with Crippen molar-refractivity contribution in [2.75, 3.05) is 11.9 Å². The number of rotatable bonds is 5. The molecule has 0 spiro atoms. The molecule has 152 valence electrons. The van der Waals surface area contributed by atoms with E-state index < -0.39 is 27.9 Å². The fraction of sp³-hybridized carbons (Fsp3) is 0.412. The van der Waals surface area contributed by atoms with Crippen molar-refractivity contribution >= 4 is 61.1 Å². The minimum Gasteiger partial charge on any atom is -0.365 e. The highest BCUT2D eigenvalue weighted by Gasteiger charge is 2.38. The lowest BCUT2D eigenvalue weighted by atomic mass is 10.0. The first-order valence-electron chi connectivity index (χ1n) is 8.60. The summed E-state index contributed by atoms with van der Waals surface area (Å²) in [5.41, 5.74) is 6.44. The SMILES string of the molecule is Cc1sc(NC(=O)C2CCCCN2S(=O)(=O)c2ccc(Cl)s2)c(C(N)=O)c1C. The maximum Gasteiger partial charge on any atom is 0.253 e. The Labute approximate surface area is 176 Å². The summed E-state index contributed by atoms with van der Waals surface area (Å²) >= 11 is 8.11. The number of anilines is 1. The Morgan fingerprint density at radius 1 is 1.25 bits per heavy atom. The van der Waals surface area contributed by atoms with Crippen LogP contribution in [0.3, 0.4) is 0 Å². The molecule has 2 aromatic rings. The Morgan fingerprint density at radius 2 is 1.96 bits per heavy atom. The Bertz CT molecular complexity index is 1030. The smallest absolute Gasteiger partial charge is 0.253 e. The van der Waals surface area contributed by atoms with Crippen LogP contribution in [0.2, 0.25) is 4.34 Å². The van der Waals surface area contributed by atoms with E-state index in [9.17, 15) is 18.0 Å². The summed E-state index contributed by atoms with van der Waals surface area (Å²) in [5.74, 6) is -1.09. The highest BCUT2D eigenvalue weighted by molar-refractivity contribution is 7.91. The number of sulfonamides is 1. The van der Waals surface area contributed by atoms with Crippen molar-refractivity contribution in [2.24, 2.45) is 5.73 Å². The second kappa shape index (κ2) is 8.11. The number of thiophene rings is 2. The fourth-order valence-electron chi connectivity index (χ4n) is 3.21. The molecule has 3 heterocycles. The second-order valence-corrected chi connectivity index (χ2v) is 11.6. The van der Waals surface area contributed by atoms with Crippen LogP contribution in [-0.2, 0) is 14.8 Å². The van der Waals surface area contributed by atoms with Gasteiger partial charge in [0.2, 0.25) is 5.91 Å². The maximum absolute atomic E-state index is 13.0. The van der Waals surface area contributed by atoms with Crippen molar-refractivity contribution in [3.63, 3.8) is 0 Å². The van der Waals surface area contributed by atoms with E-state index >= 15 is 0 Å². The van der Waals surface area contributed by atoms with Gasteiger partial charge in [0.1, 0.15) is 15.3 Å². The number of amides is 2. The minimum absolute atomic E-state index is 0.109. The van der Waals surface area contributed by atoms with Gasteiger partial charge in [-0.2, -0.15) is 4.31 Å². The molecule has 1 unspecified atom stereocenters. The van der Waals surface area contributed by atoms with Crippen LogP contribution in [0.25, 0.3) is 0 Å². The zero-order valence-electron chi connectivity index (χ0n) is 15.3. The standard InChI is InChI=1S/C17H20ClN3O4S3/c1-9-10(2)26-17(14(9)15(19)22)20-16(23)11-5-3-4-8-21(11)28(24,25)13-7-6-12(18)27-13/h6-7,11H,3-5,8H2,1-2H3,(H2,19,22)(H,20,23). The van der Waals surface area contributed by atoms with E-state index in [2.05, 4.69) is 5.32 Å². The lowest BCUT2D eigenvalue weighted by Gasteiger charge is -2.33. The first-order valence-corrected chi connectivity index (χ1v) is 12.1. The van der Waals surface area contributed by atoms with Gasteiger partial charge in [-0.1, -0.05) is 18.0 Å². The lowest BCUT2D eigenvalue weighted by molar-refractivity contribution is -0.120. The number of aryl methyl sites for hydroxylation is 1. The molecule has 0 bridgehead atoms. The molecule has 2 amide bonds. The Balaban J connectivity index is 1.90. The van der Waals surface area contributed by atoms with E-state index in [1.165, 1.54) is 27.8 Å². The molecule has 1 saturated heterocycles. The first-order chi connectivity index (χ1) is 13.1. The topological polar surface area (TPSA) is 110 Å². The zero-order chi connectivity index (χ0) is 20.6. The summed E-state index contributed by atoms with van der Waals surface area (Å²) in [6.45, 7) is 3.85. The van der Waals surface area contributed by atoms with Gasteiger partial charge in [-0.05, 0) is 44.4 Å². The third kappa shape index (κ3) is 3.97. The predicted octanol–water partition coefficient (Wildman–Crippen LogP) is 3.36. The Morgan fingerprint density at radius 3 is 2.57 bits per heavy atom. The average molecular weight is 462 g/mol. The maximum atomic E-state index is 13.0. The van der Waals surface area contributed by atoms with Crippen molar-refractivity contribution in [3.8, 4) is 0 Å². The fourth-order valence-corrected chi connectivity index (χ4v) is 7.55. The number of nitrogens with zero attached hydrogens (tertiary/aromatic N) is 1. The molecular formula is C17H20ClN3O4S3. The van der Waals surface area contributed by atoms with Gasteiger partial charge in [-0.25, -0.2) is 8.42 Å². The number of hydrogen-bond acceptors (Lipinski definition) is 6. The molecule has 0 aromatic carbocycles. The average Bonchev–Trinajstić information content (AvgIpc) is 3.19. The number of primary amides is 1. The largest absolute Gasteiger partial charge is 0.365 e. The summed E-state index contributed by atoms with van der Waals surface area (Å²) in [4.78, 5) is 25.6. The van der Waals surface area contributed by atoms with E-state index in [1.54, 1.807) is 6.92 Å². The molecule has 3 rings (SSSR count). The van der Waals surface area contributed by atoms with Gasteiger partial charge < -0.3 is 11.1 Å². The van der Waals surface area contributed by atoms with Crippen molar-refractivity contribution in [1.29, 1.82) is 0 Å². The van der Waals surface area contributed by atoms with Crippen LogP contribution in [-0.4, -0.2) is 37.1 Å². The molecule has 11 heteroatoms. The van der Waals surface area contributed by atoms with Crippen molar-refractivity contribution in [3.05, 3.63) is 32.5 Å². The molecule has 2 aromatic heterocycles. The van der Waals surface area contributed by atoms with Gasteiger partial charge in [-0.3, -0.25) is 9.59 Å². The molecule has 0 aliphatic carbocycles. The molecular weight excluding hydrogens is 442 g/mol. The molecule has 28 heavy (non-hydrogen) atoms. The lowest BCUT2D eigenvalue weighted by Crippen LogP contribution is -2.49. The van der Waals surface area contributed by atoms with Crippen LogP contribution in [0.5, 0.6) is 0 Å². The summed E-state index contributed by atoms with van der Waals surface area (Å²) in [5, 5.41) is 3.09. The number of carbonyl (C=O) groups is 2. The van der Waals surface area contributed by atoms with Gasteiger partial charge in [0, 0.05) is 11.4 Å². The number of carbonyl (C=O) groups excluding carboxylic acids is 2. The van der Waals surface area contributed by atoms with Crippen LogP contribution < -0.4 is 11.1 Å². The zero-order valence-corrected chi connectivity index (χ0v) is 18.5. The molecule has 1 aliphatic rings.